The lowest BCUT2D eigenvalue weighted by molar-refractivity contribution is -0.144. The predicted molar refractivity (Wildman–Crippen MR) is 55.9 cm³/mol. The normalized spacial score (nSPS) is 12.2. The van der Waals surface area contributed by atoms with Crippen LogP contribution >= 0.6 is 0 Å². The summed E-state index contributed by atoms with van der Waals surface area (Å²) in [7, 11) is 0. The molecule has 0 aliphatic heterocycles. The maximum atomic E-state index is 10.9. The van der Waals surface area contributed by atoms with Crippen molar-refractivity contribution in [2.24, 2.45) is 0 Å². The summed E-state index contributed by atoms with van der Waals surface area (Å²) in [6, 6.07) is 1.71. The van der Waals surface area contributed by atoms with Gasteiger partial charge in [-0.2, -0.15) is 0 Å². The van der Waals surface area contributed by atoms with Crippen LogP contribution in [0, 0.1) is 0 Å². The fourth-order valence-electron chi connectivity index (χ4n) is 1.28. The highest BCUT2D eigenvalue weighted by atomic mass is 16.4. The molecule has 2 aromatic rings. The quantitative estimate of drug-likeness (QED) is 0.601. The van der Waals surface area contributed by atoms with Crippen molar-refractivity contribution < 1.29 is 19.8 Å². The molecular weight excluding hydrogens is 244 g/mol. The Kier molecular flexibility index (Phi) is 3.00. The molecule has 18 heavy (non-hydrogen) atoms. The summed E-state index contributed by atoms with van der Waals surface area (Å²) in [4.78, 5) is 21.4. The summed E-state index contributed by atoms with van der Waals surface area (Å²) in [6.07, 6.45) is -0.565. The Hall–Kier alpha value is -2.78. The summed E-state index contributed by atoms with van der Waals surface area (Å²) in [5, 5.41) is 34.3. The smallest absolute Gasteiger partial charge is 0.326 e. The minimum absolute atomic E-state index is 0.170. The van der Waals surface area contributed by atoms with Crippen molar-refractivity contribution in [3.8, 4) is 0 Å². The summed E-state index contributed by atoms with van der Waals surface area (Å²) < 4.78 is 1.10. The number of nitrogens with zero attached hydrogens (tertiary/aromatic N) is 5. The predicted octanol–water partition coefficient (Wildman–Crippen LogP) is -1.14. The molecule has 94 valence electrons. The molecule has 0 aromatic carbocycles. The highest BCUT2D eigenvalue weighted by Gasteiger charge is 2.21. The first-order valence-corrected chi connectivity index (χ1v) is 4.83. The zero-order chi connectivity index (χ0) is 13.1. The van der Waals surface area contributed by atoms with Gasteiger partial charge in [-0.25, -0.2) is 4.79 Å². The number of tetrazole rings is 1. The molecule has 2 rings (SSSR count). The average molecular weight is 252 g/mol. The molecular formula is C8H8N6O4. The Balaban J connectivity index is 2.19. The van der Waals surface area contributed by atoms with Crippen LogP contribution in [-0.2, 0) is 9.59 Å². The molecule has 0 bridgehead atoms. The van der Waals surface area contributed by atoms with Gasteiger partial charge in [0.25, 0.3) is 0 Å². The van der Waals surface area contributed by atoms with Crippen molar-refractivity contribution in [2.45, 2.75) is 12.5 Å². The Bertz CT molecular complexity index is 596. The minimum atomic E-state index is -1.28. The largest absolute Gasteiger partial charge is 0.481 e. The highest BCUT2D eigenvalue weighted by Crippen LogP contribution is 2.07. The number of fused-ring (bicyclic) bond motifs is 1. The van der Waals surface area contributed by atoms with Crippen molar-refractivity contribution in [3.63, 3.8) is 0 Å². The van der Waals surface area contributed by atoms with E-state index in [0.717, 1.165) is 4.63 Å². The third kappa shape index (κ3) is 2.48. The van der Waals surface area contributed by atoms with Gasteiger partial charge in [-0.1, -0.05) is 0 Å². The monoisotopic (exact) mass is 252 g/mol. The van der Waals surface area contributed by atoms with E-state index in [4.69, 9.17) is 10.2 Å². The van der Waals surface area contributed by atoms with E-state index < -0.39 is 24.4 Å². The Morgan fingerprint density at radius 2 is 2.17 bits per heavy atom. The van der Waals surface area contributed by atoms with E-state index >= 15 is 0 Å². The van der Waals surface area contributed by atoms with Crippen LogP contribution in [0.15, 0.2) is 12.1 Å². The van der Waals surface area contributed by atoms with Crippen molar-refractivity contribution in [1.29, 1.82) is 0 Å². The molecule has 1 atom stereocenters. The van der Waals surface area contributed by atoms with Gasteiger partial charge in [0.05, 0.1) is 6.42 Å². The molecule has 1 unspecified atom stereocenters. The topological polar surface area (TPSA) is 143 Å². The van der Waals surface area contributed by atoms with E-state index in [-0.39, 0.29) is 5.82 Å². The number of carboxylic acid groups (broad SMARTS) is 2. The number of carboxylic acids is 2. The fourth-order valence-corrected chi connectivity index (χ4v) is 1.28. The lowest BCUT2D eigenvalue weighted by atomic mass is 10.2. The molecule has 0 saturated heterocycles. The van der Waals surface area contributed by atoms with Gasteiger partial charge in [0.15, 0.2) is 5.65 Å². The van der Waals surface area contributed by atoms with Crippen LogP contribution in [0.2, 0.25) is 0 Å². The van der Waals surface area contributed by atoms with Gasteiger partial charge in [0.2, 0.25) is 0 Å². The lowest BCUT2D eigenvalue weighted by Crippen LogP contribution is -2.32. The van der Waals surface area contributed by atoms with Crippen LogP contribution in [0.4, 0.5) is 5.82 Å². The second-order valence-corrected chi connectivity index (χ2v) is 3.38. The molecule has 2 heterocycles. The summed E-state index contributed by atoms with van der Waals surface area (Å²) in [6.45, 7) is 0. The zero-order valence-electron chi connectivity index (χ0n) is 8.89. The fraction of sp³-hybridized carbons (Fsp3) is 0.250. The Morgan fingerprint density at radius 1 is 1.39 bits per heavy atom. The molecule has 0 saturated carbocycles. The van der Waals surface area contributed by atoms with E-state index in [1.165, 1.54) is 12.1 Å². The number of rotatable bonds is 5. The van der Waals surface area contributed by atoms with Gasteiger partial charge in [0.1, 0.15) is 11.9 Å². The summed E-state index contributed by atoms with van der Waals surface area (Å²) in [5.41, 5.74) is 0.394. The van der Waals surface area contributed by atoms with Gasteiger partial charge in [-0.05, 0) is 22.6 Å². The van der Waals surface area contributed by atoms with E-state index in [2.05, 4.69) is 25.9 Å². The first-order valence-electron chi connectivity index (χ1n) is 4.83. The molecule has 0 aliphatic rings. The molecule has 0 spiro atoms. The number of aromatic nitrogens is 5. The molecule has 0 fully saturated rings. The third-order valence-electron chi connectivity index (χ3n) is 2.07. The zero-order valence-corrected chi connectivity index (χ0v) is 8.89. The van der Waals surface area contributed by atoms with Crippen LogP contribution < -0.4 is 5.32 Å². The molecule has 0 amide bonds. The standard InChI is InChI=1S/C8H8N6O4/c15-7(16)3-4(8(17)18)9-5-1-2-6-10-12-13-14(6)11-5/h1-2,4H,3H2,(H,9,11)(H,15,16)(H,17,18). The second kappa shape index (κ2) is 4.61. The van der Waals surface area contributed by atoms with Crippen LogP contribution in [0.1, 0.15) is 6.42 Å². The summed E-state index contributed by atoms with van der Waals surface area (Å²) >= 11 is 0. The van der Waals surface area contributed by atoms with Gasteiger partial charge < -0.3 is 15.5 Å². The SMILES string of the molecule is O=C(O)CC(Nc1ccc2nnnn2n1)C(=O)O. The molecule has 3 N–H and O–H groups in total. The van der Waals surface area contributed by atoms with Gasteiger partial charge in [-0.3, -0.25) is 4.79 Å². The highest BCUT2D eigenvalue weighted by molar-refractivity contribution is 5.83. The van der Waals surface area contributed by atoms with E-state index in [9.17, 15) is 9.59 Å². The van der Waals surface area contributed by atoms with E-state index in [0.29, 0.717) is 5.65 Å². The molecule has 10 nitrogen and oxygen atoms in total. The molecule has 2 aromatic heterocycles. The first-order chi connectivity index (χ1) is 8.56. The average Bonchev–Trinajstić information content (AvgIpc) is 2.74. The van der Waals surface area contributed by atoms with Crippen LogP contribution in [0.3, 0.4) is 0 Å². The van der Waals surface area contributed by atoms with Crippen LogP contribution in [0.25, 0.3) is 5.65 Å². The number of hydrogen-bond donors (Lipinski definition) is 3. The maximum absolute atomic E-state index is 10.9. The lowest BCUT2D eigenvalue weighted by Gasteiger charge is -2.12. The number of hydrogen-bond acceptors (Lipinski definition) is 7. The van der Waals surface area contributed by atoms with Crippen molar-refractivity contribution in [2.75, 3.05) is 5.32 Å². The summed E-state index contributed by atoms with van der Waals surface area (Å²) in [5.74, 6) is -2.34. The molecule has 0 aliphatic carbocycles. The number of anilines is 1. The number of carbonyl (C=O) groups is 2. The van der Waals surface area contributed by atoms with Gasteiger partial charge >= 0.3 is 11.9 Å². The van der Waals surface area contributed by atoms with Crippen molar-refractivity contribution in [3.05, 3.63) is 12.1 Å². The Morgan fingerprint density at radius 3 is 2.83 bits per heavy atom. The minimum Gasteiger partial charge on any atom is -0.481 e. The second-order valence-electron chi connectivity index (χ2n) is 3.38. The third-order valence-corrected chi connectivity index (χ3v) is 2.07. The van der Waals surface area contributed by atoms with Gasteiger partial charge in [-0.15, -0.1) is 14.8 Å². The van der Waals surface area contributed by atoms with Crippen LogP contribution in [-0.4, -0.2) is 53.4 Å². The van der Waals surface area contributed by atoms with Crippen molar-refractivity contribution in [1.82, 2.24) is 25.3 Å². The number of nitrogens with one attached hydrogen (secondary N) is 1. The Labute approximate surface area is 99.2 Å². The van der Waals surface area contributed by atoms with Crippen molar-refractivity contribution >= 4 is 23.4 Å². The van der Waals surface area contributed by atoms with Gasteiger partial charge in [0, 0.05) is 0 Å². The maximum Gasteiger partial charge on any atom is 0.326 e. The molecule has 0 radical (unpaired) electrons. The molecule has 10 heteroatoms. The van der Waals surface area contributed by atoms with E-state index in [1.54, 1.807) is 0 Å². The van der Waals surface area contributed by atoms with Crippen LogP contribution in [0.5, 0.6) is 0 Å². The van der Waals surface area contributed by atoms with E-state index in [1.807, 2.05) is 0 Å². The first kappa shape index (κ1) is 11.7. The number of aliphatic carboxylic acids is 2.